The third-order valence-electron chi connectivity index (χ3n) is 2.44. The highest BCUT2D eigenvalue weighted by atomic mass is 16.5. The summed E-state index contributed by atoms with van der Waals surface area (Å²) in [4.78, 5) is 4.20. The standard InChI is InChI=1S/C11H21N3O2/c1-4-6-10-13-9(14-16-10)7-15-8-11(3,12)5-2/h4-8,12H2,1-3H3. The lowest BCUT2D eigenvalue weighted by Crippen LogP contribution is -2.40. The lowest BCUT2D eigenvalue weighted by Gasteiger charge is -2.21. The molecule has 0 aromatic carbocycles. The number of hydrogen-bond acceptors (Lipinski definition) is 5. The Bertz CT molecular complexity index is 310. The Morgan fingerprint density at radius 2 is 2.19 bits per heavy atom. The van der Waals surface area contributed by atoms with Crippen LogP contribution in [0.25, 0.3) is 0 Å². The van der Waals surface area contributed by atoms with Crippen LogP contribution in [0, 0.1) is 0 Å². The van der Waals surface area contributed by atoms with Gasteiger partial charge < -0.3 is 15.0 Å². The molecule has 5 nitrogen and oxygen atoms in total. The Morgan fingerprint density at radius 1 is 1.44 bits per heavy atom. The van der Waals surface area contributed by atoms with E-state index in [0.29, 0.717) is 24.9 Å². The molecule has 0 saturated carbocycles. The fourth-order valence-corrected chi connectivity index (χ4v) is 1.14. The van der Waals surface area contributed by atoms with E-state index in [1.54, 1.807) is 0 Å². The molecule has 5 heteroatoms. The molecule has 1 aromatic rings. The molecule has 0 aliphatic rings. The fourth-order valence-electron chi connectivity index (χ4n) is 1.14. The molecule has 0 bridgehead atoms. The van der Waals surface area contributed by atoms with Crippen LogP contribution in [-0.2, 0) is 17.8 Å². The molecule has 16 heavy (non-hydrogen) atoms. The van der Waals surface area contributed by atoms with Crippen LogP contribution < -0.4 is 5.73 Å². The predicted molar refractivity (Wildman–Crippen MR) is 60.8 cm³/mol. The first-order valence-electron chi connectivity index (χ1n) is 5.75. The molecule has 0 aliphatic heterocycles. The first-order valence-corrected chi connectivity index (χ1v) is 5.75. The van der Waals surface area contributed by atoms with Gasteiger partial charge in [-0.3, -0.25) is 0 Å². The smallest absolute Gasteiger partial charge is 0.226 e. The predicted octanol–water partition coefficient (Wildman–Crippen LogP) is 1.67. The van der Waals surface area contributed by atoms with Gasteiger partial charge in [0.2, 0.25) is 5.89 Å². The second-order valence-electron chi connectivity index (χ2n) is 4.35. The Balaban J connectivity index is 2.31. The van der Waals surface area contributed by atoms with E-state index in [0.717, 1.165) is 19.3 Å². The minimum atomic E-state index is -0.282. The van der Waals surface area contributed by atoms with E-state index in [1.807, 2.05) is 13.8 Å². The van der Waals surface area contributed by atoms with Crippen LogP contribution in [-0.4, -0.2) is 22.3 Å². The van der Waals surface area contributed by atoms with Gasteiger partial charge in [-0.2, -0.15) is 4.98 Å². The van der Waals surface area contributed by atoms with Crippen molar-refractivity contribution in [3.8, 4) is 0 Å². The van der Waals surface area contributed by atoms with E-state index in [2.05, 4.69) is 17.1 Å². The van der Waals surface area contributed by atoms with Gasteiger partial charge in [0.1, 0.15) is 6.61 Å². The molecule has 92 valence electrons. The number of nitrogens with two attached hydrogens (primary N) is 1. The summed E-state index contributed by atoms with van der Waals surface area (Å²) in [7, 11) is 0. The van der Waals surface area contributed by atoms with Gasteiger partial charge in [0.05, 0.1) is 6.61 Å². The zero-order chi connectivity index (χ0) is 12.0. The largest absolute Gasteiger partial charge is 0.371 e. The van der Waals surface area contributed by atoms with E-state index in [1.165, 1.54) is 0 Å². The van der Waals surface area contributed by atoms with Gasteiger partial charge >= 0.3 is 0 Å². The monoisotopic (exact) mass is 227 g/mol. The minimum absolute atomic E-state index is 0.282. The third-order valence-corrected chi connectivity index (χ3v) is 2.44. The maximum absolute atomic E-state index is 5.94. The van der Waals surface area contributed by atoms with Crippen molar-refractivity contribution in [2.75, 3.05) is 6.61 Å². The number of aryl methyl sites for hydroxylation is 1. The Kier molecular flexibility index (Phi) is 4.89. The zero-order valence-corrected chi connectivity index (χ0v) is 10.3. The number of rotatable bonds is 7. The SMILES string of the molecule is CCCc1nc(COCC(C)(N)CC)no1. The summed E-state index contributed by atoms with van der Waals surface area (Å²) in [6, 6.07) is 0. The molecule has 0 spiro atoms. The van der Waals surface area contributed by atoms with Crippen LogP contribution in [0.3, 0.4) is 0 Å². The van der Waals surface area contributed by atoms with Gasteiger partial charge in [-0.05, 0) is 19.8 Å². The van der Waals surface area contributed by atoms with Crippen LogP contribution in [0.2, 0.25) is 0 Å². The normalized spacial score (nSPS) is 15.0. The molecule has 2 N–H and O–H groups in total. The van der Waals surface area contributed by atoms with Crippen LogP contribution >= 0.6 is 0 Å². The lowest BCUT2D eigenvalue weighted by molar-refractivity contribution is 0.0724. The molecule has 0 amide bonds. The quantitative estimate of drug-likeness (QED) is 0.767. The van der Waals surface area contributed by atoms with Crippen LogP contribution in [0.4, 0.5) is 0 Å². The molecular formula is C11H21N3O2. The van der Waals surface area contributed by atoms with E-state index in [9.17, 15) is 0 Å². The van der Waals surface area contributed by atoms with E-state index in [-0.39, 0.29) is 5.54 Å². The molecule has 0 fully saturated rings. The van der Waals surface area contributed by atoms with E-state index >= 15 is 0 Å². The Morgan fingerprint density at radius 3 is 2.81 bits per heavy atom. The van der Waals surface area contributed by atoms with Crippen molar-refractivity contribution < 1.29 is 9.26 Å². The number of hydrogen-bond donors (Lipinski definition) is 1. The van der Waals surface area contributed by atoms with Gasteiger partial charge in [0, 0.05) is 12.0 Å². The molecule has 1 aromatic heterocycles. The van der Waals surface area contributed by atoms with Crippen LogP contribution in [0.5, 0.6) is 0 Å². The topological polar surface area (TPSA) is 74.2 Å². The summed E-state index contributed by atoms with van der Waals surface area (Å²) in [5, 5.41) is 3.83. The van der Waals surface area contributed by atoms with Gasteiger partial charge in [0.15, 0.2) is 5.82 Å². The molecule has 0 saturated heterocycles. The third kappa shape index (κ3) is 4.28. The summed E-state index contributed by atoms with van der Waals surface area (Å²) in [5.74, 6) is 1.27. The lowest BCUT2D eigenvalue weighted by atomic mass is 10.0. The molecule has 0 radical (unpaired) electrons. The Hall–Kier alpha value is -0.940. The average molecular weight is 227 g/mol. The molecule has 1 rings (SSSR count). The first kappa shape index (κ1) is 13.1. The second-order valence-corrected chi connectivity index (χ2v) is 4.35. The van der Waals surface area contributed by atoms with Gasteiger partial charge in [0.25, 0.3) is 0 Å². The molecule has 0 aliphatic carbocycles. The molecule has 1 unspecified atom stereocenters. The van der Waals surface area contributed by atoms with Crippen molar-refractivity contribution in [2.24, 2.45) is 5.73 Å². The number of nitrogens with zero attached hydrogens (tertiary/aromatic N) is 2. The maximum Gasteiger partial charge on any atom is 0.226 e. The van der Waals surface area contributed by atoms with Crippen LogP contribution in [0.15, 0.2) is 4.52 Å². The highest BCUT2D eigenvalue weighted by molar-refractivity contribution is 4.84. The number of aromatic nitrogens is 2. The van der Waals surface area contributed by atoms with Gasteiger partial charge in [-0.25, -0.2) is 0 Å². The molecule has 1 heterocycles. The molecular weight excluding hydrogens is 206 g/mol. The van der Waals surface area contributed by atoms with Crippen molar-refractivity contribution in [3.05, 3.63) is 11.7 Å². The fraction of sp³-hybridized carbons (Fsp3) is 0.818. The van der Waals surface area contributed by atoms with Crippen LogP contribution in [0.1, 0.15) is 45.3 Å². The maximum atomic E-state index is 5.94. The van der Waals surface area contributed by atoms with Gasteiger partial charge in [-0.1, -0.05) is 19.0 Å². The van der Waals surface area contributed by atoms with E-state index < -0.39 is 0 Å². The van der Waals surface area contributed by atoms with Gasteiger partial charge in [-0.15, -0.1) is 0 Å². The number of ether oxygens (including phenoxy) is 1. The summed E-state index contributed by atoms with van der Waals surface area (Å²) in [6.45, 7) is 6.94. The summed E-state index contributed by atoms with van der Waals surface area (Å²) in [5.41, 5.74) is 5.66. The highest BCUT2D eigenvalue weighted by Crippen LogP contribution is 2.07. The van der Waals surface area contributed by atoms with Crippen molar-refractivity contribution in [3.63, 3.8) is 0 Å². The van der Waals surface area contributed by atoms with Crippen molar-refractivity contribution >= 4 is 0 Å². The van der Waals surface area contributed by atoms with Crippen molar-refractivity contribution in [2.45, 2.75) is 52.2 Å². The van der Waals surface area contributed by atoms with Crippen molar-refractivity contribution in [1.82, 2.24) is 10.1 Å². The summed E-state index contributed by atoms with van der Waals surface area (Å²) in [6.07, 6.45) is 2.69. The second kappa shape index (κ2) is 5.96. The summed E-state index contributed by atoms with van der Waals surface area (Å²) >= 11 is 0. The first-order chi connectivity index (χ1) is 7.57. The minimum Gasteiger partial charge on any atom is -0.371 e. The summed E-state index contributed by atoms with van der Waals surface area (Å²) < 4.78 is 10.5. The van der Waals surface area contributed by atoms with E-state index in [4.69, 9.17) is 15.0 Å². The van der Waals surface area contributed by atoms with Crippen molar-refractivity contribution in [1.29, 1.82) is 0 Å². The molecule has 1 atom stereocenters. The highest BCUT2D eigenvalue weighted by Gasteiger charge is 2.16. The average Bonchev–Trinajstić information content (AvgIpc) is 2.66. The zero-order valence-electron chi connectivity index (χ0n) is 10.3. The Labute approximate surface area is 96.4 Å².